The molecular weight excluding hydrogens is 321 g/mol. The summed E-state index contributed by atoms with van der Waals surface area (Å²) in [5.74, 6) is -0.438. The van der Waals surface area contributed by atoms with Gasteiger partial charge in [-0.05, 0) is 22.0 Å². The minimum absolute atomic E-state index is 0.319. The van der Waals surface area contributed by atoms with Crippen LogP contribution in [0.25, 0.3) is 0 Å². The number of piperazine rings is 1. The van der Waals surface area contributed by atoms with Crippen LogP contribution in [0.5, 0.6) is 0 Å². The molecule has 1 N–H and O–H groups in total. The van der Waals surface area contributed by atoms with Gasteiger partial charge in [0, 0.05) is 44.2 Å². The summed E-state index contributed by atoms with van der Waals surface area (Å²) >= 11 is 3.11. The van der Waals surface area contributed by atoms with E-state index in [0.29, 0.717) is 23.1 Å². The fraction of sp³-hybridized carbons (Fsp3) is 0.538. The number of halogens is 4. The third-order valence-corrected chi connectivity index (χ3v) is 3.95. The third-order valence-electron chi connectivity index (χ3n) is 3.33. The molecule has 0 aromatic heterocycles. The second-order valence-corrected chi connectivity index (χ2v) is 5.43. The maximum atomic E-state index is 14.1. The minimum atomic E-state index is -2.45. The smallest absolute Gasteiger partial charge is 0.240 e. The van der Waals surface area contributed by atoms with Crippen LogP contribution in [-0.2, 0) is 0 Å². The first-order valence-corrected chi connectivity index (χ1v) is 7.05. The Hall–Kier alpha value is -0.590. The summed E-state index contributed by atoms with van der Waals surface area (Å²) in [5, 5.41) is 3.17. The fourth-order valence-electron chi connectivity index (χ4n) is 2.41. The number of benzene rings is 1. The lowest BCUT2D eigenvalue weighted by Gasteiger charge is -2.35. The second-order valence-electron chi connectivity index (χ2n) is 4.57. The van der Waals surface area contributed by atoms with E-state index in [1.165, 1.54) is 0 Å². The zero-order chi connectivity index (χ0) is 13.8. The molecular formula is C13H16BrF3N2. The van der Waals surface area contributed by atoms with E-state index in [0.717, 1.165) is 13.1 Å². The molecule has 1 fully saturated rings. The third kappa shape index (κ3) is 3.70. The molecule has 106 valence electrons. The predicted octanol–water partition coefficient (Wildman–Crippen LogP) is 3.19. The first-order valence-electron chi connectivity index (χ1n) is 6.26. The normalized spacial score (nSPS) is 18.8. The summed E-state index contributed by atoms with van der Waals surface area (Å²) < 4.78 is 40.0. The monoisotopic (exact) mass is 336 g/mol. The van der Waals surface area contributed by atoms with Gasteiger partial charge in [-0.3, -0.25) is 4.90 Å². The van der Waals surface area contributed by atoms with E-state index in [1.807, 2.05) is 4.90 Å². The van der Waals surface area contributed by atoms with Gasteiger partial charge >= 0.3 is 0 Å². The molecule has 1 aliphatic heterocycles. The van der Waals surface area contributed by atoms with Crippen LogP contribution in [0.3, 0.4) is 0 Å². The van der Waals surface area contributed by atoms with Crippen LogP contribution >= 0.6 is 15.9 Å². The highest BCUT2D eigenvalue weighted by Crippen LogP contribution is 2.32. The van der Waals surface area contributed by atoms with E-state index in [4.69, 9.17) is 0 Å². The van der Waals surface area contributed by atoms with E-state index < -0.39 is 18.3 Å². The van der Waals surface area contributed by atoms with Crippen molar-refractivity contribution in [3.8, 4) is 0 Å². The van der Waals surface area contributed by atoms with Crippen LogP contribution in [-0.4, -0.2) is 37.5 Å². The topological polar surface area (TPSA) is 15.3 Å². The Morgan fingerprint density at radius 2 is 1.95 bits per heavy atom. The van der Waals surface area contributed by atoms with Crippen LogP contribution in [0, 0.1) is 5.82 Å². The zero-order valence-corrected chi connectivity index (χ0v) is 12.0. The molecule has 1 atom stereocenters. The standard InChI is InChI=1S/C13H16BrF3N2/c14-10-3-1-2-9(13(10)17)11(8-12(15)16)19-6-4-18-5-7-19/h1-3,11-12,18H,4-8H2/t11-/m1/s1. The second kappa shape index (κ2) is 6.72. The molecule has 0 spiro atoms. The predicted molar refractivity (Wildman–Crippen MR) is 71.9 cm³/mol. The molecule has 0 radical (unpaired) electrons. The molecule has 6 heteroatoms. The number of nitrogens with one attached hydrogen (secondary N) is 1. The molecule has 1 heterocycles. The summed E-state index contributed by atoms with van der Waals surface area (Å²) in [6.45, 7) is 2.80. The summed E-state index contributed by atoms with van der Waals surface area (Å²) in [4.78, 5) is 1.92. The molecule has 1 aliphatic rings. The Morgan fingerprint density at radius 1 is 1.26 bits per heavy atom. The van der Waals surface area contributed by atoms with Crippen molar-refractivity contribution in [1.82, 2.24) is 10.2 Å². The number of hydrogen-bond donors (Lipinski definition) is 1. The van der Waals surface area contributed by atoms with Crippen LogP contribution in [0.15, 0.2) is 22.7 Å². The SMILES string of the molecule is Fc1c(Br)cccc1[C@@H](CC(F)F)N1CCNCC1. The number of alkyl halides is 2. The van der Waals surface area contributed by atoms with Gasteiger partial charge in [-0.2, -0.15) is 0 Å². The van der Waals surface area contributed by atoms with Gasteiger partial charge in [-0.15, -0.1) is 0 Å². The van der Waals surface area contributed by atoms with Gasteiger partial charge < -0.3 is 5.32 Å². The Bertz CT molecular complexity index is 422. The van der Waals surface area contributed by atoms with Crippen molar-refractivity contribution in [2.75, 3.05) is 26.2 Å². The van der Waals surface area contributed by atoms with Crippen molar-refractivity contribution in [1.29, 1.82) is 0 Å². The van der Waals surface area contributed by atoms with E-state index in [2.05, 4.69) is 21.2 Å². The quantitative estimate of drug-likeness (QED) is 0.908. The summed E-state index contributed by atoms with van der Waals surface area (Å²) in [7, 11) is 0. The molecule has 0 unspecified atom stereocenters. The Labute approximate surface area is 119 Å². The number of rotatable bonds is 4. The number of hydrogen-bond acceptors (Lipinski definition) is 2. The minimum Gasteiger partial charge on any atom is -0.314 e. The Morgan fingerprint density at radius 3 is 2.58 bits per heavy atom. The van der Waals surface area contributed by atoms with E-state index in [9.17, 15) is 13.2 Å². The van der Waals surface area contributed by atoms with Gasteiger partial charge in [0.25, 0.3) is 0 Å². The van der Waals surface area contributed by atoms with Crippen LogP contribution < -0.4 is 5.32 Å². The molecule has 0 saturated carbocycles. The summed E-state index contributed by atoms with van der Waals surface area (Å²) in [6.07, 6.45) is -2.79. The molecule has 2 nitrogen and oxygen atoms in total. The Balaban J connectivity index is 2.27. The van der Waals surface area contributed by atoms with Crippen LogP contribution in [0.4, 0.5) is 13.2 Å². The number of nitrogens with zero attached hydrogens (tertiary/aromatic N) is 1. The van der Waals surface area contributed by atoms with Gasteiger partial charge in [0.05, 0.1) is 4.47 Å². The molecule has 19 heavy (non-hydrogen) atoms. The first kappa shape index (κ1) is 14.8. The van der Waals surface area contributed by atoms with E-state index >= 15 is 0 Å². The van der Waals surface area contributed by atoms with Crippen molar-refractivity contribution in [2.45, 2.75) is 18.9 Å². The van der Waals surface area contributed by atoms with Crippen molar-refractivity contribution in [3.63, 3.8) is 0 Å². The van der Waals surface area contributed by atoms with Gasteiger partial charge in [-0.1, -0.05) is 12.1 Å². The van der Waals surface area contributed by atoms with E-state index in [-0.39, 0.29) is 6.42 Å². The average Bonchev–Trinajstić information content (AvgIpc) is 2.40. The van der Waals surface area contributed by atoms with Gasteiger partial charge in [0.1, 0.15) is 5.82 Å². The lowest BCUT2D eigenvalue weighted by Crippen LogP contribution is -2.45. The largest absolute Gasteiger partial charge is 0.314 e. The van der Waals surface area contributed by atoms with Crippen LogP contribution in [0.1, 0.15) is 18.0 Å². The molecule has 1 aromatic rings. The molecule has 1 aromatic carbocycles. The molecule has 1 saturated heterocycles. The molecule has 2 rings (SSSR count). The van der Waals surface area contributed by atoms with Crippen LogP contribution in [0.2, 0.25) is 0 Å². The first-order chi connectivity index (χ1) is 9.09. The van der Waals surface area contributed by atoms with Crippen molar-refractivity contribution < 1.29 is 13.2 Å². The lowest BCUT2D eigenvalue weighted by atomic mass is 10.0. The summed E-state index contributed by atoms with van der Waals surface area (Å²) in [5.41, 5.74) is 0.344. The highest BCUT2D eigenvalue weighted by molar-refractivity contribution is 9.10. The zero-order valence-electron chi connectivity index (χ0n) is 10.4. The maximum absolute atomic E-state index is 14.1. The van der Waals surface area contributed by atoms with Gasteiger partial charge in [-0.25, -0.2) is 13.2 Å². The van der Waals surface area contributed by atoms with Crippen molar-refractivity contribution in [2.24, 2.45) is 0 Å². The van der Waals surface area contributed by atoms with Gasteiger partial charge in [0.2, 0.25) is 6.43 Å². The maximum Gasteiger partial charge on any atom is 0.240 e. The fourth-order valence-corrected chi connectivity index (χ4v) is 2.79. The van der Waals surface area contributed by atoms with Gasteiger partial charge in [0.15, 0.2) is 0 Å². The molecule has 0 aliphatic carbocycles. The van der Waals surface area contributed by atoms with Crippen molar-refractivity contribution in [3.05, 3.63) is 34.1 Å². The highest BCUT2D eigenvalue weighted by atomic mass is 79.9. The molecule has 0 amide bonds. The highest BCUT2D eigenvalue weighted by Gasteiger charge is 2.28. The van der Waals surface area contributed by atoms with E-state index in [1.54, 1.807) is 18.2 Å². The Kier molecular flexibility index (Phi) is 5.24. The molecule has 0 bridgehead atoms. The summed E-state index contributed by atoms with van der Waals surface area (Å²) in [6, 6.07) is 4.29. The average molecular weight is 337 g/mol. The van der Waals surface area contributed by atoms with Crippen molar-refractivity contribution >= 4 is 15.9 Å². The lowest BCUT2D eigenvalue weighted by molar-refractivity contribution is 0.0725.